The number of nitrogens with two attached hydrogens (primary N) is 1. The van der Waals surface area contributed by atoms with Crippen molar-refractivity contribution in [2.75, 3.05) is 6.61 Å². The highest BCUT2D eigenvalue weighted by Gasteiger charge is 2.42. The molecule has 0 aliphatic carbocycles. The maximum absolute atomic E-state index is 13.6. The first-order valence-electron chi connectivity index (χ1n) is 10.6. The number of carbonyl (C=O) groups excluding carboxylic acids is 2. The van der Waals surface area contributed by atoms with E-state index in [2.05, 4.69) is 0 Å². The molecule has 2 heterocycles. The van der Waals surface area contributed by atoms with E-state index in [-0.39, 0.29) is 40.9 Å². The van der Waals surface area contributed by atoms with Gasteiger partial charge < -0.3 is 19.8 Å². The molecule has 0 spiro atoms. The summed E-state index contributed by atoms with van der Waals surface area (Å²) in [5.74, 6) is -0.616. The SMILES string of the molecule is NC(=O)COc1ccc(C2c3c(oc4ccc(Cl)cc4c3=O)C(=O)N2Cc2ccccc2Cl)cc1. The third kappa shape index (κ3) is 4.24. The molecule has 1 unspecified atom stereocenters. The molecule has 1 aromatic heterocycles. The number of benzene rings is 3. The van der Waals surface area contributed by atoms with Gasteiger partial charge in [0, 0.05) is 16.6 Å². The third-order valence-corrected chi connectivity index (χ3v) is 6.41. The molecule has 7 nitrogen and oxygen atoms in total. The van der Waals surface area contributed by atoms with Gasteiger partial charge in [-0.2, -0.15) is 0 Å². The minimum Gasteiger partial charge on any atom is -0.484 e. The lowest BCUT2D eigenvalue weighted by Crippen LogP contribution is -2.29. The van der Waals surface area contributed by atoms with E-state index in [0.29, 0.717) is 21.4 Å². The fraction of sp³-hybridized carbons (Fsp3) is 0.115. The lowest BCUT2D eigenvalue weighted by Gasteiger charge is -2.25. The predicted molar refractivity (Wildman–Crippen MR) is 132 cm³/mol. The number of fused-ring (bicyclic) bond motifs is 2. The Bertz CT molecular complexity index is 1530. The maximum atomic E-state index is 13.6. The molecule has 9 heteroatoms. The molecule has 1 atom stereocenters. The molecule has 4 aromatic rings. The van der Waals surface area contributed by atoms with Crippen LogP contribution in [0.5, 0.6) is 5.75 Å². The molecule has 0 bridgehead atoms. The van der Waals surface area contributed by atoms with Gasteiger partial charge in [0.25, 0.3) is 11.8 Å². The molecule has 35 heavy (non-hydrogen) atoms. The van der Waals surface area contributed by atoms with Crippen LogP contribution in [-0.2, 0) is 11.3 Å². The van der Waals surface area contributed by atoms with Crippen LogP contribution in [0, 0.1) is 0 Å². The average molecular weight is 509 g/mol. The van der Waals surface area contributed by atoms with E-state index in [4.69, 9.17) is 38.1 Å². The summed E-state index contributed by atoms with van der Waals surface area (Å²) >= 11 is 12.5. The number of hydrogen-bond acceptors (Lipinski definition) is 5. The van der Waals surface area contributed by atoms with Crippen molar-refractivity contribution in [1.82, 2.24) is 4.90 Å². The van der Waals surface area contributed by atoms with Crippen LogP contribution in [0.25, 0.3) is 11.0 Å². The Labute approximate surface area is 209 Å². The molecule has 176 valence electrons. The molecule has 1 aliphatic heterocycles. The molecule has 0 fully saturated rings. The van der Waals surface area contributed by atoms with Crippen LogP contribution in [0.3, 0.4) is 0 Å². The zero-order valence-electron chi connectivity index (χ0n) is 18.2. The van der Waals surface area contributed by atoms with Gasteiger partial charge in [0.1, 0.15) is 11.3 Å². The number of rotatable bonds is 6. The van der Waals surface area contributed by atoms with E-state index in [9.17, 15) is 14.4 Å². The van der Waals surface area contributed by atoms with Crippen LogP contribution >= 0.6 is 23.2 Å². The van der Waals surface area contributed by atoms with Crippen molar-refractivity contribution >= 4 is 46.0 Å². The van der Waals surface area contributed by atoms with Crippen molar-refractivity contribution < 1.29 is 18.7 Å². The predicted octanol–water partition coefficient (Wildman–Crippen LogP) is 4.71. The second-order valence-electron chi connectivity index (χ2n) is 8.07. The Morgan fingerprint density at radius 1 is 1.03 bits per heavy atom. The third-order valence-electron chi connectivity index (χ3n) is 5.80. The van der Waals surface area contributed by atoms with Crippen LogP contribution in [0.4, 0.5) is 0 Å². The smallest absolute Gasteiger partial charge is 0.291 e. The number of primary amides is 1. The first-order valence-corrected chi connectivity index (χ1v) is 11.4. The highest BCUT2D eigenvalue weighted by Crippen LogP contribution is 2.40. The monoisotopic (exact) mass is 508 g/mol. The normalized spacial score (nSPS) is 14.9. The molecule has 1 aliphatic rings. The number of nitrogens with zero attached hydrogens (tertiary/aromatic N) is 1. The van der Waals surface area contributed by atoms with Crippen LogP contribution in [0.2, 0.25) is 10.0 Å². The highest BCUT2D eigenvalue weighted by molar-refractivity contribution is 6.31. The molecule has 5 rings (SSSR count). The lowest BCUT2D eigenvalue weighted by atomic mass is 9.98. The molecule has 0 saturated heterocycles. The van der Waals surface area contributed by atoms with E-state index in [1.54, 1.807) is 53.4 Å². The first kappa shape index (κ1) is 23.0. The van der Waals surface area contributed by atoms with E-state index in [1.165, 1.54) is 6.07 Å². The van der Waals surface area contributed by atoms with Crippen LogP contribution in [0.15, 0.2) is 75.9 Å². The van der Waals surface area contributed by atoms with Gasteiger partial charge in [-0.15, -0.1) is 0 Å². The van der Waals surface area contributed by atoms with E-state index in [0.717, 1.165) is 5.56 Å². The summed E-state index contributed by atoms with van der Waals surface area (Å²) in [5.41, 5.74) is 6.69. The molecule has 0 radical (unpaired) electrons. The highest BCUT2D eigenvalue weighted by atomic mass is 35.5. The summed E-state index contributed by atoms with van der Waals surface area (Å²) in [5, 5.41) is 1.17. The van der Waals surface area contributed by atoms with Crippen molar-refractivity contribution in [2.24, 2.45) is 5.73 Å². The fourth-order valence-corrected chi connectivity index (χ4v) is 4.58. The number of halogens is 2. The molecule has 0 saturated carbocycles. The van der Waals surface area contributed by atoms with Gasteiger partial charge in [-0.3, -0.25) is 14.4 Å². The van der Waals surface area contributed by atoms with Gasteiger partial charge in [-0.05, 0) is 47.5 Å². The number of hydrogen-bond donors (Lipinski definition) is 1. The first-order chi connectivity index (χ1) is 16.8. The maximum Gasteiger partial charge on any atom is 0.291 e. The fourth-order valence-electron chi connectivity index (χ4n) is 4.21. The summed E-state index contributed by atoms with van der Waals surface area (Å²) in [6.07, 6.45) is 0. The Kier molecular flexibility index (Phi) is 5.96. The lowest BCUT2D eigenvalue weighted by molar-refractivity contribution is -0.119. The van der Waals surface area contributed by atoms with Gasteiger partial charge in [-0.1, -0.05) is 53.5 Å². The summed E-state index contributed by atoms with van der Waals surface area (Å²) in [4.78, 5) is 39.7. The topological polar surface area (TPSA) is 103 Å². The summed E-state index contributed by atoms with van der Waals surface area (Å²) in [7, 11) is 0. The molecular formula is C26H18Cl2N2O5. The Morgan fingerprint density at radius 2 is 1.77 bits per heavy atom. The summed E-state index contributed by atoms with van der Waals surface area (Å²) < 4.78 is 11.3. The van der Waals surface area contributed by atoms with Gasteiger partial charge in [0.2, 0.25) is 5.76 Å². The van der Waals surface area contributed by atoms with Gasteiger partial charge in [-0.25, -0.2) is 0 Å². The number of carbonyl (C=O) groups is 2. The van der Waals surface area contributed by atoms with Crippen molar-refractivity contribution in [3.05, 3.63) is 109 Å². The van der Waals surface area contributed by atoms with Gasteiger partial charge >= 0.3 is 0 Å². The van der Waals surface area contributed by atoms with E-state index < -0.39 is 17.9 Å². The number of ether oxygens (including phenoxy) is 1. The average Bonchev–Trinajstić information content (AvgIpc) is 3.12. The quantitative estimate of drug-likeness (QED) is 0.406. The minimum atomic E-state index is -0.737. The van der Waals surface area contributed by atoms with Crippen LogP contribution < -0.4 is 15.9 Å². The van der Waals surface area contributed by atoms with Crippen molar-refractivity contribution in [1.29, 1.82) is 0 Å². The van der Waals surface area contributed by atoms with Crippen LogP contribution in [-0.4, -0.2) is 23.3 Å². The Hall–Kier alpha value is -3.81. The van der Waals surface area contributed by atoms with Crippen molar-refractivity contribution in [3.63, 3.8) is 0 Å². The number of amides is 2. The second kappa shape index (κ2) is 9.09. The van der Waals surface area contributed by atoms with E-state index in [1.807, 2.05) is 12.1 Å². The molecule has 2 N–H and O–H groups in total. The van der Waals surface area contributed by atoms with Crippen molar-refractivity contribution in [2.45, 2.75) is 12.6 Å². The van der Waals surface area contributed by atoms with Gasteiger partial charge in [0.05, 0.1) is 17.0 Å². The molecular weight excluding hydrogens is 491 g/mol. The van der Waals surface area contributed by atoms with Crippen molar-refractivity contribution in [3.8, 4) is 5.75 Å². The van der Waals surface area contributed by atoms with E-state index >= 15 is 0 Å². The zero-order chi connectivity index (χ0) is 24.7. The zero-order valence-corrected chi connectivity index (χ0v) is 19.7. The second-order valence-corrected chi connectivity index (χ2v) is 8.91. The Morgan fingerprint density at radius 3 is 2.49 bits per heavy atom. The van der Waals surface area contributed by atoms with Gasteiger partial charge in [0.15, 0.2) is 12.0 Å². The summed E-state index contributed by atoms with van der Waals surface area (Å²) in [6, 6.07) is 17.9. The minimum absolute atomic E-state index is 0.0177. The van der Waals surface area contributed by atoms with Crippen LogP contribution in [0.1, 0.15) is 33.3 Å². The summed E-state index contributed by atoms with van der Waals surface area (Å²) in [6.45, 7) is -0.108. The molecule has 3 aromatic carbocycles. The Balaban J connectivity index is 1.65. The largest absolute Gasteiger partial charge is 0.484 e. The standard InChI is InChI=1S/C26H18Cl2N2O5/c27-16-7-10-20-18(11-16)24(32)22-23(14-5-8-17(9-6-14)34-13-21(29)31)30(26(33)25(22)35-20)12-15-3-1-2-4-19(15)28/h1-11,23H,12-13H2,(H2,29,31). The molecule has 2 amide bonds.